The number of nitrogens with one attached hydrogen (secondary N) is 1. The number of fused-ring (bicyclic) bond motifs is 1. The number of nitrogens with zero attached hydrogens (tertiary/aromatic N) is 2. The van der Waals surface area contributed by atoms with Crippen LogP contribution in [0.1, 0.15) is 16.3 Å². The van der Waals surface area contributed by atoms with Crippen LogP contribution >= 0.6 is 11.3 Å². The fourth-order valence-corrected chi connectivity index (χ4v) is 4.82. The van der Waals surface area contributed by atoms with Crippen LogP contribution in [0, 0.1) is 6.92 Å². The normalized spacial score (nSPS) is 18.8. The van der Waals surface area contributed by atoms with Gasteiger partial charge in [0.2, 0.25) is 0 Å². The van der Waals surface area contributed by atoms with E-state index in [0.29, 0.717) is 28.6 Å². The van der Waals surface area contributed by atoms with E-state index in [1.807, 2.05) is 0 Å². The maximum atomic E-state index is 13.1. The number of halogens is 3. The average molecular weight is 347 g/mol. The summed E-state index contributed by atoms with van der Waals surface area (Å²) in [6.07, 6.45) is -3.72. The third-order valence-corrected chi connectivity index (χ3v) is 5.91. The summed E-state index contributed by atoms with van der Waals surface area (Å²) in [6, 6.07) is 1.57. The number of aromatic nitrogens is 2. The second-order valence-electron chi connectivity index (χ2n) is 4.80. The molecule has 9 heteroatoms. The van der Waals surface area contributed by atoms with Crippen LogP contribution in [-0.2, 0) is 23.5 Å². The summed E-state index contributed by atoms with van der Waals surface area (Å²) >= 11 is 1.20. The zero-order valence-corrected chi connectivity index (χ0v) is 13.2. The molecule has 0 spiro atoms. The van der Waals surface area contributed by atoms with Gasteiger partial charge in [-0.3, -0.25) is 4.21 Å². The quantitative estimate of drug-likeness (QED) is 0.862. The molecule has 1 aliphatic heterocycles. The molecule has 3 heterocycles. The van der Waals surface area contributed by atoms with E-state index in [2.05, 4.69) is 15.3 Å². The van der Waals surface area contributed by atoms with Crippen molar-refractivity contribution in [2.45, 2.75) is 24.5 Å². The maximum absolute atomic E-state index is 13.1. The molecule has 118 valence electrons. The first kappa shape index (κ1) is 15.6. The van der Waals surface area contributed by atoms with Gasteiger partial charge in [-0.2, -0.15) is 13.2 Å². The largest absolute Gasteiger partial charge is 0.420 e. The van der Waals surface area contributed by atoms with Crippen LogP contribution < -0.4 is 5.32 Å². The molecule has 0 saturated carbocycles. The lowest BCUT2D eigenvalue weighted by molar-refractivity contribution is -0.137. The molecule has 0 saturated heterocycles. The van der Waals surface area contributed by atoms with Gasteiger partial charge in [0.15, 0.2) is 0 Å². The molecule has 0 radical (unpaired) electrons. The molecule has 1 aliphatic rings. The first-order valence-corrected chi connectivity index (χ1v) is 8.63. The van der Waals surface area contributed by atoms with Crippen molar-refractivity contribution in [2.75, 3.05) is 12.3 Å². The van der Waals surface area contributed by atoms with Crippen molar-refractivity contribution in [1.82, 2.24) is 15.3 Å². The van der Waals surface area contributed by atoms with Crippen LogP contribution in [0.15, 0.2) is 17.2 Å². The Bertz CT molecular complexity index is 743. The van der Waals surface area contributed by atoms with Crippen LogP contribution in [0.2, 0.25) is 0 Å². The third kappa shape index (κ3) is 2.92. The first-order chi connectivity index (χ1) is 10.4. The lowest BCUT2D eigenvalue weighted by atomic mass is 10.2. The topological polar surface area (TPSA) is 54.9 Å². The van der Waals surface area contributed by atoms with Crippen LogP contribution in [0.25, 0.3) is 10.6 Å². The van der Waals surface area contributed by atoms with E-state index in [4.69, 9.17) is 0 Å². The molecule has 22 heavy (non-hydrogen) atoms. The van der Waals surface area contributed by atoms with Gasteiger partial charge in [0, 0.05) is 29.9 Å². The van der Waals surface area contributed by atoms with Crippen molar-refractivity contribution in [3.05, 3.63) is 28.5 Å². The standard InChI is InChI=1S/C13H12F3N3OS2/c1-7-18-5-8(13(14,15)16)12(19-7)9-4-11-10(21-9)6-17-2-3-22(11)20/h4-5,17H,2-3,6H2,1H3. The SMILES string of the molecule is Cc1ncc(C(F)(F)F)c(-c2cc3c(s2)CNCCS3=O)n1. The molecule has 1 unspecified atom stereocenters. The molecule has 3 rings (SSSR count). The average Bonchev–Trinajstić information content (AvgIpc) is 2.79. The summed E-state index contributed by atoms with van der Waals surface area (Å²) in [5, 5.41) is 3.12. The lowest BCUT2D eigenvalue weighted by Crippen LogP contribution is -2.15. The number of hydrogen-bond donors (Lipinski definition) is 1. The smallest absolute Gasteiger partial charge is 0.311 e. The van der Waals surface area contributed by atoms with Crippen molar-refractivity contribution in [3.8, 4) is 10.6 Å². The Kier molecular flexibility index (Phi) is 4.04. The second-order valence-corrected chi connectivity index (χ2v) is 7.48. The highest BCUT2D eigenvalue weighted by Gasteiger charge is 2.36. The van der Waals surface area contributed by atoms with E-state index in [9.17, 15) is 17.4 Å². The molecule has 0 amide bonds. The number of hydrogen-bond acceptors (Lipinski definition) is 5. The molecule has 0 aliphatic carbocycles. The van der Waals surface area contributed by atoms with Gasteiger partial charge in [-0.1, -0.05) is 0 Å². The highest BCUT2D eigenvalue weighted by molar-refractivity contribution is 7.85. The Labute approximate surface area is 131 Å². The van der Waals surface area contributed by atoms with Gasteiger partial charge in [0.25, 0.3) is 0 Å². The van der Waals surface area contributed by atoms with Crippen molar-refractivity contribution >= 4 is 22.1 Å². The predicted octanol–water partition coefficient (Wildman–Crippen LogP) is 2.74. The van der Waals surface area contributed by atoms with Crippen LogP contribution in [0.5, 0.6) is 0 Å². The van der Waals surface area contributed by atoms with Gasteiger partial charge in [-0.15, -0.1) is 11.3 Å². The minimum absolute atomic E-state index is 0.143. The van der Waals surface area contributed by atoms with Crippen molar-refractivity contribution in [3.63, 3.8) is 0 Å². The molecule has 2 aromatic rings. The van der Waals surface area contributed by atoms with Gasteiger partial charge in [-0.05, 0) is 13.0 Å². The summed E-state index contributed by atoms with van der Waals surface area (Å²) in [5.74, 6) is 0.726. The van der Waals surface area contributed by atoms with Gasteiger partial charge in [0.1, 0.15) is 11.4 Å². The zero-order valence-electron chi connectivity index (χ0n) is 11.5. The minimum atomic E-state index is -4.53. The number of rotatable bonds is 1. The Morgan fingerprint density at radius 3 is 2.91 bits per heavy atom. The zero-order chi connectivity index (χ0) is 15.9. The molecule has 1 atom stereocenters. The molecule has 4 nitrogen and oxygen atoms in total. The molecule has 0 fully saturated rings. The van der Waals surface area contributed by atoms with Crippen molar-refractivity contribution in [2.24, 2.45) is 0 Å². The minimum Gasteiger partial charge on any atom is -0.311 e. The monoisotopic (exact) mass is 347 g/mol. The Morgan fingerprint density at radius 1 is 1.41 bits per heavy atom. The second kappa shape index (κ2) is 5.71. The maximum Gasteiger partial charge on any atom is 0.420 e. The summed E-state index contributed by atoms with van der Waals surface area (Å²) in [6.45, 7) is 2.68. The number of thiophene rings is 1. The fourth-order valence-electron chi connectivity index (χ4n) is 2.19. The molecule has 1 N–H and O–H groups in total. The Hall–Kier alpha value is -1.32. The van der Waals surface area contributed by atoms with E-state index in [1.54, 1.807) is 13.0 Å². The lowest BCUT2D eigenvalue weighted by Gasteiger charge is -2.10. The summed E-state index contributed by atoms with van der Waals surface area (Å²) in [5.41, 5.74) is -1.01. The van der Waals surface area contributed by atoms with E-state index < -0.39 is 22.5 Å². The Morgan fingerprint density at radius 2 is 2.18 bits per heavy atom. The van der Waals surface area contributed by atoms with Crippen LogP contribution in [0.3, 0.4) is 0 Å². The molecule has 0 aromatic carbocycles. The molecular weight excluding hydrogens is 335 g/mol. The van der Waals surface area contributed by atoms with Crippen molar-refractivity contribution < 1.29 is 17.4 Å². The predicted molar refractivity (Wildman–Crippen MR) is 78.1 cm³/mol. The van der Waals surface area contributed by atoms with Crippen LogP contribution in [-0.4, -0.2) is 26.5 Å². The highest BCUT2D eigenvalue weighted by Crippen LogP contribution is 2.40. The van der Waals surface area contributed by atoms with E-state index in [1.165, 1.54) is 11.3 Å². The van der Waals surface area contributed by atoms with Gasteiger partial charge < -0.3 is 5.32 Å². The first-order valence-electron chi connectivity index (χ1n) is 6.49. The summed E-state index contributed by atoms with van der Waals surface area (Å²) in [4.78, 5) is 9.39. The van der Waals surface area contributed by atoms with Gasteiger partial charge in [0.05, 0.1) is 26.3 Å². The van der Waals surface area contributed by atoms with E-state index >= 15 is 0 Å². The highest BCUT2D eigenvalue weighted by atomic mass is 32.2. The summed E-state index contributed by atoms with van der Waals surface area (Å²) in [7, 11) is -1.20. The molecular formula is C13H12F3N3OS2. The number of alkyl halides is 3. The number of aryl methyl sites for hydroxylation is 1. The fraction of sp³-hybridized carbons (Fsp3) is 0.385. The molecule has 2 aromatic heterocycles. The van der Waals surface area contributed by atoms with Gasteiger partial charge in [-0.25, -0.2) is 9.97 Å². The van der Waals surface area contributed by atoms with E-state index in [0.717, 1.165) is 11.1 Å². The summed E-state index contributed by atoms with van der Waals surface area (Å²) < 4.78 is 51.6. The molecule has 0 bridgehead atoms. The van der Waals surface area contributed by atoms with Crippen molar-refractivity contribution in [1.29, 1.82) is 0 Å². The third-order valence-electron chi connectivity index (χ3n) is 3.21. The Balaban J connectivity index is 2.15. The van der Waals surface area contributed by atoms with E-state index in [-0.39, 0.29) is 11.5 Å². The van der Waals surface area contributed by atoms with Crippen LogP contribution in [0.4, 0.5) is 13.2 Å². The van der Waals surface area contributed by atoms with Gasteiger partial charge >= 0.3 is 6.18 Å².